The van der Waals surface area contributed by atoms with E-state index in [1.54, 1.807) is 0 Å². The molecule has 9 heteroatoms. The third-order valence-electron chi connectivity index (χ3n) is 13.4. The molecule has 1 amide bonds. The molecule has 1 heterocycles. The normalized spacial score (nSPS) is 20.1. The van der Waals surface area contributed by atoms with Crippen LogP contribution in [0.3, 0.4) is 0 Å². The summed E-state index contributed by atoms with van der Waals surface area (Å²) in [5.41, 5.74) is 0. The maximum atomic E-state index is 13.0. The van der Waals surface area contributed by atoms with Crippen LogP contribution in [0.15, 0.2) is 12.2 Å². The maximum absolute atomic E-state index is 13.0. The third kappa shape index (κ3) is 34.8. The van der Waals surface area contributed by atoms with Crippen molar-refractivity contribution in [1.82, 2.24) is 5.32 Å². The molecule has 0 aromatic carbocycles. The van der Waals surface area contributed by atoms with Crippen LogP contribution >= 0.6 is 0 Å². The van der Waals surface area contributed by atoms with Crippen molar-refractivity contribution in [1.29, 1.82) is 0 Å². The molecule has 0 bridgehead atoms. The number of carbonyl (C=O) groups excluding carboxylic acids is 1. The van der Waals surface area contributed by atoms with Gasteiger partial charge in [0, 0.05) is 6.42 Å². The second kappa shape index (κ2) is 44.7. The molecule has 0 spiro atoms. The van der Waals surface area contributed by atoms with Crippen LogP contribution in [0.1, 0.15) is 271 Å². The Hall–Kier alpha value is -1.07. The van der Waals surface area contributed by atoms with Gasteiger partial charge in [-0.3, -0.25) is 4.79 Å². The summed E-state index contributed by atoms with van der Waals surface area (Å²) >= 11 is 0. The molecule has 7 atom stereocenters. The SMILES string of the molecule is CCCCCCCCCCCCCC/C=C\CCCCCCCCCCCCCCCCC(=O)NC(COC1OC(CO)C(O)C(O)C1O)C(O)CCCCCCCCCCCC. The van der Waals surface area contributed by atoms with Crippen LogP contribution in [-0.2, 0) is 14.3 Å². The molecule has 1 rings (SSSR count). The van der Waals surface area contributed by atoms with Crippen LogP contribution in [0.5, 0.6) is 0 Å². The van der Waals surface area contributed by atoms with Gasteiger partial charge >= 0.3 is 0 Å². The summed E-state index contributed by atoms with van der Waals surface area (Å²) in [7, 11) is 0. The van der Waals surface area contributed by atoms with Gasteiger partial charge in [0.2, 0.25) is 5.91 Å². The van der Waals surface area contributed by atoms with Gasteiger partial charge < -0.3 is 40.3 Å². The van der Waals surface area contributed by atoms with E-state index in [1.165, 1.54) is 205 Å². The summed E-state index contributed by atoms with van der Waals surface area (Å²) in [4.78, 5) is 13.0. The molecule has 0 aromatic rings. The quantitative estimate of drug-likeness (QED) is 0.0261. The Labute approximate surface area is 388 Å². The van der Waals surface area contributed by atoms with Crippen molar-refractivity contribution in [3.05, 3.63) is 12.2 Å². The standard InChI is InChI=1S/C54H105NO8/c1-3-5-7-9-11-13-15-16-17-18-19-20-21-22-23-24-25-26-27-28-29-30-31-32-33-34-36-38-40-42-44-50(58)55-47(46-62-54-53(61)52(60)51(59)49(45-56)63-54)48(57)43-41-39-37-35-14-12-10-8-6-4-2/h22-23,47-49,51-54,56-57,59-61H,3-21,24-46H2,1-2H3,(H,55,58)/b23-22-. The van der Waals surface area contributed by atoms with Crippen LogP contribution in [-0.4, -0.2) is 87.5 Å². The predicted molar refractivity (Wildman–Crippen MR) is 263 cm³/mol. The monoisotopic (exact) mass is 896 g/mol. The molecule has 1 saturated heterocycles. The summed E-state index contributed by atoms with van der Waals surface area (Å²) in [5, 5.41) is 54.4. The number of rotatable bonds is 47. The predicted octanol–water partition coefficient (Wildman–Crippen LogP) is 12.8. The van der Waals surface area contributed by atoms with Gasteiger partial charge in [0.25, 0.3) is 0 Å². The Bertz CT molecular complexity index is 997. The number of ether oxygens (including phenoxy) is 2. The zero-order valence-electron chi connectivity index (χ0n) is 41.4. The van der Waals surface area contributed by atoms with Gasteiger partial charge in [0.1, 0.15) is 24.4 Å². The van der Waals surface area contributed by atoms with E-state index in [1.807, 2.05) is 0 Å². The number of allylic oxidation sites excluding steroid dienone is 2. The molecule has 1 aliphatic rings. The number of hydrogen-bond donors (Lipinski definition) is 6. The van der Waals surface area contributed by atoms with Gasteiger partial charge in [0.15, 0.2) is 6.29 Å². The molecule has 6 N–H and O–H groups in total. The number of unbranched alkanes of at least 4 members (excludes halogenated alkanes) is 35. The third-order valence-corrected chi connectivity index (χ3v) is 13.4. The summed E-state index contributed by atoms with van der Waals surface area (Å²) in [6.07, 6.45) is 46.9. The lowest BCUT2D eigenvalue weighted by Crippen LogP contribution is -2.60. The van der Waals surface area contributed by atoms with Gasteiger partial charge in [-0.15, -0.1) is 0 Å². The first-order chi connectivity index (χ1) is 30.8. The minimum absolute atomic E-state index is 0.134. The van der Waals surface area contributed by atoms with Crippen molar-refractivity contribution in [2.75, 3.05) is 13.2 Å². The van der Waals surface area contributed by atoms with E-state index in [4.69, 9.17) is 9.47 Å². The van der Waals surface area contributed by atoms with Gasteiger partial charge in [0.05, 0.1) is 25.4 Å². The molecule has 0 saturated carbocycles. The van der Waals surface area contributed by atoms with Crippen molar-refractivity contribution in [2.24, 2.45) is 0 Å². The Morgan fingerprint density at radius 1 is 0.524 bits per heavy atom. The van der Waals surface area contributed by atoms with Gasteiger partial charge in [-0.05, 0) is 38.5 Å². The molecule has 0 radical (unpaired) electrons. The maximum Gasteiger partial charge on any atom is 0.220 e. The lowest BCUT2D eigenvalue weighted by atomic mass is 9.99. The average Bonchev–Trinajstić information content (AvgIpc) is 3.28. The van der Waals surface area contributed by atoms with E-state index in [2.05, 4.69) is 31.3 Å². The first-order valence-electron chi connectivity index (χ1n) is 27.4. The van der Waals surface area contributed by atoms with Crippen LogP contribution in [0, 0.1) is 0 Å². The molecule has 1 fully saturated rings. The van der Waals surface area contributed by atoms with Gasteiger partial charge in [-0.2, -0.15) is 0 Å². The lowest BCUT2D eigenvalue weighted by molar-refractivity contribution is -0.302. The van der Waals surface area contributed by atoms with E-state index in [0.717, 1.165) is 38.5 Å². The largest absolute Gasteiger partial charge is 0.394 e. The second-order valence-corrected chi connectivity index (χ2v) is 19.4. The highest BCUT2D eigenvalue weighted by atomic mass is 16.7. The molecule has 374 valence electrons. The summed E-state index contributed by atoms with van der Waals surface area (Å²) < 4.78 is 11.3. The Morgan fingerprint density at radius 2 is 0.889 bits per heavy atom. The van der Waals surface area contributed by atoms with Crippen LogP contribution < -0.4 is 5.32 Å². The summed E-state index contributed by atoms with van der Waals surface area (Å²) in [6, 6.07) is -0.714. The summed E-state index contributed by atoms with van der Waals surface area (Å²) in [6.45, 7) is 3.84. The zero-order chi connectivity index (χ0) is 45.9. The molecule has 0 aromatic heterocycles. The minimum Gasteiger partial charge on any atom is -0.394 e. The van der Waals surface area contributed by atoms with Gasteiger partial charge in [-0.1, -0.05) is 238 Å². The van der Waals surface area contributed by atoms with E-state index < -0.39 is 49.5 Å². The zero-order valence-corrected chi connectivity index (χ0v) is 41.4. The van der Waals surface area contributed by atoms with E-state index >= 15 is 0 Å². The molecule has 7 unspecified atom stereocenters. The Morgan fingerprint density at radius 3 is 1.29 bits per heavy atom. The van der Waals surface area contributed by atoms with E-state index in [0.29, 0.717) is 12.8 Å². The van der Waals surface area contributed by atoms with Crippen LogP contribution in [0.4, 0.5) is 0 Å². The van der Waals surface area contributed by atoms with Crippen molar-refractivity contribution in [3.8, 4) is 0 Å². The Kier molecular flexibility index (Phi) is 42.6. The van der Waals surface area contributed by atoms with E-state index in [9.17, 15) is 30.3 Å². The number of hydrogen-bond acceptors (Lipinski definition) is 8. The molecular formula is C54H105NO8. The number of aliphatic hydroxyl groups excluding tert-OH is 5. The fourth-order valence-corrected chi connectivity index (χ4v) is 8.98. The van der Waals surface area contributed by atoms with Crippen LogP contribution in [0.25, 0.3) is 0 Å². The first kappa shape index (κ1) is 59.9. The average molecular weight is 896 g/mol. The first-order valence-corrected chi connectivity index (χ1v) is 27.4. The van der Waals surface area contributed by atoms with Gasteiger partial charge in [-0.25, -0.2) is 0 Å². The van der Waals surface area contributed by atoms with Crippen molar-refractivity contribution in [2.45, 2.75) is 314 Å². The molecule has 63 heavy (non-hydrogen) atoms. The number of aliphatic hydroxyl groups is 5. The number of amides is 1. The second-order valence-electron chi connectivity index (χ2n) is 19.4. The molecule has 1 aliphatic heterocycles. The lowest BCUT2D eigenvalue weighted by Gasteiger charge is -2.40. The van der Waals surface area contributed by atoms with Crippen molar-refractivity contribution >= 4 is 5.91 Å². The fraction of sp³-hybridized carbons (Fsp3) is 0.944. The smallest absolute Gasteiger partial charge is 0.220 e. The highest BCUT2D eigenvalue weighted by Crippen LogP contribution is 2.23. The van der Waals surface area contributed by atoms with E-state index in [-0.39, 0.29) is 12.5 Å². The fourth-order valence-electron chi connectivity index (χ4n) is 8.98. The Balaban J connectivity index is 2.10. The highest BCUT2D eigenvalue weighted by Gasteiger charge is 2.44. The van der Waals surface area contributed by atoms with Crippen molar-refractivity contribution in [3.63, 3.8) is 0 Å². The van der Waals surface area contributed by atoms with Crippen LogP contribution in [0.2, 0.25) is 0 Å². The minimum atomic E-state index is -1.55. The summed E-state index contributed by atoms with van der Waals surface area (Å²) in [5.74, 6) is -0.142. The molecule has 9 nitrogen and oxygen atoms in total. The molecular weight excluding hydrogens is 791 g/mol. The number of carbonyl (C=O) groups is 1. The van der Waals surface area contributed by atoms with Crippen molar-refractivity contribution < 1.29 is 39.8 Å². The number of nitrogens with one attached hydrogen (secondary N) is 1. The highest BCUT2D eigenvalue weighted by molar-refractivity contribution is 5.76. The topological polar surface area (TPSA) is 149 Å². The molecule has 0 aliphatic carbocycles.